The summed E-state index contributed by atoms with van der Waals surface area (Å²) in [5.74, 6) is 1.67. The van der Waals surface area contributed by atoms with Crippen LogP contribution < -0.4 is 10.6 Å². The zero-order valence-electron chi connectivity index (χ0n) is 9.85. The second-order valence-corrected chi connectivity index (χ2v) is 4.23. The van der Waals surface area contributed by atoms with Gasteiger partial charge in [0.05, 0.1) is 6.54 Å². The van der Waals surface area contributed by atoms with Crippen LogP contribution in [0.25, 0.3) is 0 Å². The maximum atomic E-state index is 4.19. The van der Waals surface area contributed by atoms with Crippen LogP contribution in [-0.4, -0.2) is 35.4 Å². The molecule has 0 aliphatic heterocycles. The summed E-state index contributed by atoms with van der Waals surface area (Å²) in [5.41, 5.74) is 0. The van der Waals surface area contributed by atoms with Gasteiger partial charge >= 0.3 is 0 Å². The summed E-state index contributed by atoms with van der Waals surface area (Å²) in [6, 6.07) is 2.54. The van der Waals surface area contributed by atoms with Gasteiger partial charge in [-0.2, -0.15) is 5.10 Å². The molecule has 0 bridgehead atoms. The lowest BCUT2D eigenvalue weighted by Crippen LogP contribution is -2.40. The van der Waals surface area contributed by atoms with E-state index in [1.165, 1.54) is 6.42 Å². The molecular formula is C11H19N5. The summed E-state index contributed by atoms with van der Waals surface area (Å²) in [5, 5.41) is 10.8. The molecule has 5 nitrogen and oxygen atoms in total. The minimum absolute atomic E-state index is 0.607. The van der Waals surface area contributed by atoms with Crippen molar-refractivity contribution in [3.05, 3.63) is 18.5 Å². The van der Waals surface area contributed by atoms with Gasteiger partial charge in [0.15, 0.2) is 5.96 Å². The largest absolute Gasteiger partial charge is 0.355 e. The van der Waals surface area contributed by atoms with E-state index in [-0.39, 0.29) is 0 Å². The molecule has 5 heteroatoms. The fourth-order valence-corrected chi connectivity index (χ4v) is 1.61. The Kier molecular flexibility index (Phi) is 3.44. The van der Waals surface area contributed by atoms with Crippen molar-refractivity contribution in [2.75, 3.05) is 13.6 Å². The second-order valence-electron chi connectivity index (χ2n) is 4.23. The molecule has 2 rings (SSSR count). The lowest BCUT2D eigenvalue weighted by Gasteiger charge is -2.11. The van der Waals surface area contributed by atoms with E-state index in [0.717, 1.165) is 25.0 Å². The molecule has 1 aromatic heterocycles. The van der Waals surface area contributed by atoms with E-state index >= 15 is 0 Å². The number of aromatic nitrogens is 2. The van der Waals surface area contributed by atoms with E-state index in [4.69, 9.17) is 0 Å². The Morgan fingerprint density at radius 2 is 2.44 bits per heavy atom. The zero-order chi connectivity index (χ0) is 11.4. The number of hydrogen-bond acceptors (Lipinski definition) is 2. The smallest absolute Gasteiger partial charge is 0.191 e. The van der Waals surface area contributed by atoms with E-state index < -0.39 is 0 Å². The fourth-order valence-electron chi connectivity index (χ4n) is 1.61. The van der Waals surface area contributed by atoms with E-state index in [1.807, 2.05) is 16.9 Å². The highest BCUT2D eigenvalue weighted by Crippen LogP contribution is 2.28. The van der Waals surface area contributed by atoms with E-state index in [9.17, 15) is 0 Å². The minimum atomic E-state index is 0.607. The van der Waals surface area contributed by atoms with Crippen LogP contribution in [0.2, 0.25) is 0 Å². The molecule has 1 fully saturated rings. The van der Waals surface area contributed by atoms with Crippen LogP contribution in [0.3, 0.4) is 0 Å². The molecular weight excluding hydrogens is 202 g/mol. The average molecular weight is 221 g/mol. The average Bonchev–Trinajstić information content (AvgIpc) is 2.79. The third-order valence-electron chi connectivity index (χ3n) is 2.85. The maximum Gasteiger partial charge on any atom is 0.191 e. The van der Waals surface area contributed by atoms with Gasteiger partial charge in [0.1, 0.15) is 0 Å². The zero-order valence-corrected chi connectivity index (χ0v) is 9.85. The lowest BCUT2D eigenvalue weighted by molar-refractivity contribution is 0.596. The van der Waals surface area contributed by atoms with Crippen molar-refractivity contribution in [2.24, 2.45) is 10.9 Å². The first kappa shape index (κ1) is 11.0. The summed E-state index contributed by atoms with van der Waals surface area (Å²) < 4.78 is 1.90. The third kappa shape index (κ3) is 2.98. The van der Waals surface area contributed by atoms with Crippen LogP contribution in [-0.2, 0) is 6.54 Å². The Balaban J connectivity index is 1.67. The monoisotopic (exact) mass is 221 g/mol. The van der Waals surface area contributed by atoms with E-state index in [2.05, 4.69) is 27.6 Å². The van der Waals surface area contributed by atoms with Crippen LogP contribution in [0.1, 0.15) is 13.3 Å². The van der Waals surface area contributed by atoms with Crippen LogP contribution in [0.4, 0.5) is 0 Å². The number of aliphatic imine (C=N–C) groups is 1. The SMILES string of the molecule is CN=C(NCCn1cccn1)NC1CC1C. The molecule has 88 valence electrons. The van der Waals surface area contributed by atoms with Gasteiger partial charge in [-0.25, -0.2) is 0 Å². The number of nitrogens with zero attached hydrogens (tertiary/aromatic N) is 3. The molecule has 0 aromatic carbocycles. The number of rotatable bonds is 4. The van der Waals surface area contributed by atoms with Gasteiger partial charge in [-0.15, -0.1) is 0 Å². The predicted octanol–water partition coefficient (Wildman–Crippen LogP) is 0.456. The highest BCUT2D eigenvalue weighted by atomic mass is 15.3. The number of hydrogen-bond donors (Lipinski definition) is 2. The molecule has 1 heterocycles. The van der Waals surface area contributed by atoms with Crippen molar-refractivity contribution in [2.45, 2.75) is 25.9 Å². The summed E-state index contributed by atoms with van der Waals surface area (Å²) in [6.45, 7) is 3.94. The molecule has 1 aliphatic carbocycles. The first-order valence-electron chi connectivity index (χ1n) is 5.74. The number of nitrogens with one attached hydrogen (secondary N) is 2. The molecule has 0 spiro atoms. The topological polar surface area (TPSA) is 54.2 Å². The van der Waals surface area contributed by atoms with Gasteiger partial charge in [-0.05, 0) is 18.4 Å². The van der Waals surface area contributed by atoms with Gasteiger partial charge in [0.25, 0.3) is 0 Å². The first-order valence-corrected chi connectivity index (χ1v) is 5.74. The lowest BCUT2D eigenvalue weighted by atomic mass is 10.5. The Morgan fingerprint density at radius 1 is 1.62 bits per heavy atom. The highest BCUT2D eigenvalue weighted by Gasteiger charge is 2.33. The third-order valence-corrected chi connectivity index (χ3v) is 2.85. The normalized spacial score (nSPS) is 24.2. The Hall–Kier alpha value is -1.52. The molecule has 0 amide bonds. The molecule has 2 N–H and O–H groups in total. The fraction of sp³-hybridized carbons (Fsp3) is 0.636. The van der Waals surface area contributed by atoms with Crippen molar-refractivity contribution in [1.29, 1.82) is 0 Å². The molecule has 1 aliphatic rings. The molecule has 0 saturated heterocycles. The van der Waals surface area contributed by atoms with Crippen LogP contribution >= 0.6 is 0 Å². The van der Waals surface area contributed by atoms with E-state index in [1.54, 1.807) is 13.2 Å². The van der Waals surface area contributed by atoms with Gasteiger partial charge in [-0.3, -0.25) is 9.67 Å². The van der Waals surface area contributed by atoms with Crippen molar-refractivity contribution < 1.29 is 0 Å². The summed E-state index contributed by atoms with van der Waals surface area (Å²) >= 11 is 0. The summed E-state index contributed by atoms with van der Waals surface area (Å²) in [7, 11) is 1.80. The standard InChI is InChI=1S/C11H19N5/c1-9-8-10(9)15-11(12-2)13-5-7-16-6-3-4-14-16/h3-4,6,9-10H,5,7-8H2,1-2H3,(H2,12,13,15). The Morgan fingerprint density at radius 3 is 3.00 bits per heavy atom. The highest BCUT2D eigenvalue weighted by molar-refractivity contribution is 5.80. The van der Waals surface area contributed by atoms with Gasteiger partial charge < -0.3 is 10.6 Å². The molecule has 1 aromatic rings. The van der Waals surface area contributed by atoms with E-state index in [0.29, 0.717) is 6.04 Å². The molecule has 16 heavy (non-hydrogen) atoms. The Bertz CT molecular complexity index is 343. The van der Waals surface area contributed by atoms with Crippen LogP contribution in [0.15, 0.2) is 23.5 Å². The van der Waals surface area contributed by atoms with Crippen molar-refractivity contribution in [3.8, 4) is 0 Å². The molecule has 0 radical (unpaired) electrons. The quantitative estimate of drug-likeness (QED) is 0.573. The Labute approximate surface area is 95.9 Å². The summed E-state index contributed by atoms with van der Waals surface area (Å²) in [4.78, 5) is 4.19. The van der Waals surface area contributed by atoms with Gasteiger partial charge in [-0.1, -0.05) is 6.92 Å². The van der Waals surface area contributed by atoms with Crippen molar-refractivity contribution in [3.63, 3.8) is 0 Å². The maximum absolute atomic E-state index is 4.19. The molecule has 1 saturated carbocycles. The van der Waals surface area contributed by atoms with Gasteiger partial charge in [0, 0.05) is 32.0 Å². The second kappa shape index (κ2) is 5.01. The summed E-state index contributed by atoms with van der Waals surface area (Å²) in [6.07, 6.45) is 5.00. The van der Waals surface area contributed by atoms with Crippen LogP contribution in [0, 0.1) is 5.92 Å². The van der Waals surface area contributed by atoms with Crippen molar-refractivity contribution in [1.82, 2.24) is 20.4 Å². The van der Waals surface area contributed by atoms with Crippen LogP contribution in [0.5, 0.6) is 0 Å². The molecule has 2 atom stereocenters. The van der Waals surface area contributed by atoms with Crippen molar-refractivity contribution >= 4 is 5.96 Å². The first-order chi connectivity index (χ1) is 7.79. The van der Waals surface area contributed by atoms with Gasteiger partial charge in [0.2, 0.25) is 0 Å². The number of guanidine groups is 1. The minimum Gasteiger partial charge on any atom is -0.355 e. The molecule has 2 unspecified atom stereocenters. The predicted molar refractivity (Wildman–Crippen MR) is 64.3 cm³/mol.